The Morgan fingerprint density at radius 3 is 2.42 bits per heavy atom. The minimum absolute atomic E-state index is 0.0194. The van der Waals surface area contributed by atoms with E-state index in [1.54, 1.807) is 17.0 Å². The summed E-state index contributed by atoms with van der Waals surface area (Å²) in [4.78, 5) is 18.7. The average Bonchev–Trinajstić information content (AvgIpc) is 2.95. The largest absolute Gasteiger partial charge is 0.491 e. The van der Waals surface area contributed by atoms with Gasteiger partial charge in [-0.15, -0.1) is 0 Å². The highest BCUT2D eigenvalue weighted by molar-refractivity contribution is 5.95. The normalized spacial score (nSPS) is 15.0. The van der Waals surface area contributed by atoms with Crippen LogP contribution in [0.5, 0.6) is 5.75 Å². The highest BCUT2D eigenvalue weighted by Crippen LogP contribution is 2.28. The average molecular weight is 329 g/mol. The number of nitrogens with zero attached hydrogens (tertiary/aromatic N) is 3. The number of carbonyl (C=O) groups excluding carboxylic acids is 1. The molecular weight excluding hydrogens is 306 g/mol. The molecule has 1 aliphatic rings. The van der Waals surface area contributed by atoms with Gasteiger partial charge in [-0.25, -0.2) is 0 Å². The van der Waals surface area contributed by atoms with Crippen molar-refractivity contribution in [1.82, 2.24) is 15.0 Å². The molecule has 0 saturated carbocycles. The van der Waals surface area contributed by atoms with Crippen LogP contribution in [0.4, 0.5) is 0 Å². The summed E-state index contributed by atoms with van der Waals surface area (Å²) < 4.78 is 10.9. The molecule has 1 amide bonds. The van der Waals surface area contributed by atoms with Gasteiger partial charge in [0.2, 0.25) is 5.89 Å². The Bertz CT molecular complexity index is 701. The Kier molecular flexibility index (Phi) is 4.55. The van der Waals surface area contributed by atoms with E-state index in [1.807, 2.05) is 39.8 Å². The van der Waals surface area contributed by atoms with Crippen molar-refractivity contribution >= 4 is 5.91 Å². The molecule has 0 unspecified atom stereocenters. The number of carbonyl (C=O) groups is 1. The highest BCUT2D eigenvalue weighted by Gasteiger charge is 2.36. The smallest absolute Gasteiger partial charge is 0.253 e. The van der Waals surface area contributed by atoms with E-state index in [4.69, 9.17) is 9.26 Å². The fraction of sp³-hybridized carbons (Fsp3) is 0.500. The maximum absolute atomic E-state index is 12.5. The van der Waals surface area contributed by atoms with Crippen LogP contribution in [0.25, 0.3) is 0 Å². The van der Waals surface area contributed by atoms with Crippen LogP contribution in [0.3, 0.4) is 0 Å². The topological polar surface area (TPSA) is 68.5 Å². The van der Waals surface area contributed by atoms with E-state index in [0.29, 0.717) is 24.5 Å². The summed E-state index contributed by atoms with van der Waals surface area (Å²) in [5, 5.41) is 3.98. The molecule has 6 heteroatoms. The second-order valence-electron chi connectivity index (χ2n) is 6.74. The van der Waals surface area contributed by atoms with Crippen molar-refractivity contribution in [2.75, 3.05) is 13.1 Å². The number of aromatic nitrogens is 2. The zero-order chi connectivity index (χ0) is 17.3. The fourth-order valence-corrected chi connectivity index (χ4v) is 2.58. The predicted octanol–water partition coefficient (Wildman–Crippen LogP) is 3.22. The van der Waals surface area contributed by atoms with Crippen molar-refractivity contribution < 1.29 is 14.1 Å². The van der Waals surface area contributed by atoms with Crippen molar-refractivity contribution in [3.63, 3.8) is 0 Å². The standard InChI is InChI=1S/C18H23N3O3/c1-11(2)16-19-17(24-20-16)14-9-21(10-14)18(22)13-5-7-15(8-6-13)23-12(3)4/h5-8,11-12,14H,9-10H2,1-4H3. The Hall–Kier alpha value is -2.37. The van der Waals surface area contributed by atoms with Gasteiger partial charge in [-0.1, -0.05) is 19.0 Å². The van der Waals surface area contributed by atoms with Crippen molar-refractivity contribution in [3.8, 4) is 5.75 Å². The number of likely N-dealkylation sites (tertiary alicyclic amines) is 1. The van der Waals surface area contributed by atoms with Crippen LogP contribution in [0.1, 0.15) is 61.6 Å². The van der Waals surface area contributed by atoms with E-state index >= 15 is 0 Å². The summed E-state index contributed by atoms with van der Waals surface area (Å²) in [6.07, 6.45) is 0.118. The molecule has 1 aromatic heterocycles. The molecule has 1 aliphatic heterocycles. The third kappa shape index (κ3) is 3.42. The van der Waals surface area contributed by atoms with Gasteiger partial charge in [-0.2, -0.15) is 4.98 Å². The number of hydrogen-bond acceptors (Lipinski definition) is 5. The Morgan fingerprint density at radius 1 is 1.21 bits per heavy atom. The molecule has 2 heterocycles. The fourth-order valence-electron chi connectivity index (χ4n) is 2.58. The van der Waals surface area contributed by atoms with E-state index in [9.17, 15) is 4.79 Å². The van der Waals surface area contributed by atoms with Gasteiger partial charge in [-0.3, -0.25) is 4.79 Å². The lowest BCUT2D eigenvalue weighted by atomic mass is 9.98. The second-order valence-corrected chi connectivity index (χ2v) is 6.74. The van der Waals surface area contributed by atoms with Crippen molar-refractivity contribution in [1.29, 1.82) is 0 Å². The quantitative estimate of drug-likeness (QED) is 0.842. The molecule has 0 bridgehead atoms. The number of amides is 1. The Labute approximate surface area is 141 Å². The molecule has 3 rings (SSSR count). The molecule has 1 saturated heterocycles. The number of rotatable bonds is 5. The molecular formula is C18H23N3O3. The molecule has 0 spiro atoms. The lowest BCUT2D eigenvalue weighted by molar-refractivity contribution is 0.0569. The number of hydrogen-bond donors (Lipinski definition) is 0. The summed E-state index contributed by atoms with van der Waals surface area (Å²) in [6, 6.07) is 7.27. The van der Waals surface area contributed by atoms with E-state index in [0.717, 1.165) is 11.6 Å². The Balaban J connectivity index is 1.57. The van der Waals surface area contributed by atoms with Crippen LogP contribution >= 0.6 is 0 Å². The summed E-state index contributed by atoms with van der Waals surface area (Å²) in [6.45, 7) is 9.23. The third-order valence-electron chi connectivity index (χ3n) is 3.96. The number of ether oxygens (including phenoxy) is 1. The first-order valence-electron chi connectivity index (χ1n) is 8.33. The Morgan fingerprint density at radius 2 is 1.88 bits per heavy atom. The lowest BCUT2D eigenvalue weighted by Gasteiger charge is -2.37. The van der Waals surface area contributed by atoms with Gasteiger partial charge in [0, 0.05) is 24.6 Å². The van der Waals surface area contributed by atoms with E-state index in [1.165, 1.54) is 0 Å². The van der Waals surface area contributed by atoms with Crippen molar-refractivity contribution in [3.05, 3.63) is 41.5 Å². The molecule has 24 heavy (non-hydrogen) atoms. The van der Waals surface area contributed by atoms with Gasteiger partial charge in [0.1, 0.15) is 5.75 Å². The van der Waals surface area contributed by atoms with Crippen LogP contribution in [0, 0.1) is 0 Å². The maximum Gasteiger partial charge on any atom is 0.253 e. The monoisotopic (exact) mass is 329 g/mol. The summed E-state index contributed by atoms with van der Waals surface area (Å²) in [5.74, 6) is 2.52. The summed E-state index contributed by atoms with van der Waals surface area (Å²) in [7, 11) is 0. The zero-order valence-corrected chi connectivity index (χ0v) is 14.5. The van der Waals surface area contributed by atoms with E-state index in [2.05, 4.69) is 10.1 Å². The molecule has 6 nitrogen and oxygen atoms in total. The maximum atomic E-state index is 12.5. The molecule has 0 radical (unpaired) electrons. The first kappa shape index (κ1) is 16.5. The molecule has 0 N–H and O–H groups in total. The summed E-state index contributed by atoms with van der Waals surface area (Å²) in [5.41, 5.74) is 0.665. The first-order valence-corrected chi connectivity index (χ1v) is 8.33. The van der Waals surface area contributed by atoms with Crippen molar-refractivity contribution in [2.24, 2.45) is 0 Å². The van der Waals surface area contributed by atoms with Crippen LogP contribution in [0.2, 0.25) is 0 Å². The molecule has 1 aromatic carbocycles. The molecule has 0 aliphatic carbocycles. The van der Waals surface area contributed by atoms with Crippen LogP contribution in [-0.4, -0.2) is 40.1 Å². The van der Waals surface area contributed by atoms with Crippen LogP contribution in [0.15, 0.2) is 28.8 Å². The van der Waals surface area contributed by atoms with Crippen molar-refractivity contribution in [2.45, 2.75) is 45.6 Å². The van der Waals surface area contributed by atoms with Gasteiger partial charge in [0.05, 0.1) is 12.0 Å². The number of benzene rings is 1. The van der Waals surface area contributed by atoms with Gasteiger partial charge < -0.3 is 14.2 Å². The minimum atomic E-state index is 0.0194. The molecule has 2 aromatic rings. The first-order chi connectivity index (χ1) is 11.4. The molecule has 0 atom stereocenters. The second kappa shape index (κ2) is 6.63. The van der Waals surface area contributed by atoms with Crippen LogP contribution in [-0.2, 0) is 0 Å². The summed E-state index contributed by atoms with van der Waals surface area (Å²) >= 11 is 0. The van der Waals surface area contributed by atoms with Gasteiger partial charge in [0.25, 0.3) is 5.91 Å². The zero-order valence-electron chi connectivity index (χ0n) is 14.5. The van der Waals surface area contributed by atoms with Gasteiger partial charge >= 0.3 is 0 Å². The molecule has 128 valence electrons. The molecule has 1 fully saturated rings. The van der Waals surface area contributed by atoms with E-state index in [-0.39, 0.29) is 23.8 Å². The van der Waals surface area contributed by atoms with Gasteiger partial charge in [0.15, 0.2) is 5.82 Å². The van der Waals surface area contributed by atoms with E-state index < -0.39 is 0 Å². The van der Waals surface area contributed by atoms with Crippen LogP contribution < -0.4 is 4.74 Å². The predicted molar refractivity (Wildman–Crippen MR) is 89.2 cm³/mol. The minimum Gasteiger partial charge on any atom is -0.491 e. The highest BCUT2D eigenvalue weighted by atomic mass is 16.5. The van der Waals surface area contributed by atoms with Gasteiger partial charge in [-0.05, 0) is 38.1 Å². The lowest BCUT2D eigenvalue weighted by Crippen LogP contribution is -2.48. The third-order valence-corrected chi connectivity index (χ3v) is 3.96. The SMILES string of the molecule is CC(C)Oc1ccc(C(=O)N2CC(c3nc(C(C)C)no3)C2)cc1.